The third-order valence-corrected chi connectivity index (χ3v) is 5.26. The lowest BCUT2D eigenvalue weighted by Gasteiger charge is -1.98. The van der Waals surface area contributed by atoms with Crippen LogP contribution in [-0.4, -0.2) is 12.1 Å². The third kappa shape index (κ3) is 3.78. The number of thiazole rings is 1. The molecule has 0 bridgehead atoms. The van der Waals surface area contributed by atoms with Crippen molar-refractivity contribution < 1.29 is 4.74 Å². The number of benzene rings is 3. The van der Waals surface area contributed by atoms with Crippen molar-refractivity contribution in [2.45, 2.75) is 0 Å². The first-order valence-electron chi connectivity index (χ1n) is 8.42. The monoisotopic (exact) mass is 372 g/mol. The Kier molecular flexibility index (Phi) is 4.77. The Morgan fingerprint density at radius 2 is 1.78 bits per heavy atom. The van der Waals surface area contributed by atoms with Gasteiger partial charge in [0.05, 0.1) is 17.3 Å². The van der Waals surface area contributed by atoms with Gasteiger partial charge < -0.3 is 4.74 Å². The Morgan fingerprint density at radius 1 is 0.963 bits per heavy atom. The van der Waals surface area contributed by atoms with Gasteiger partial charge in [-0.2, -0.15) is 0 Å². The average Bonchev–Trinajstić information content (AvgIpc) is 3.16. The van der Waals surface area contributed by atoms with Crippen LogP contribution in [0.3, 0.4) is 0 Å². The molecule has 1 aromatic heterocycles. The van der Waals surface area contributed by atoms with Crippen LogP contribution in [0.2, 0.25) is 0 Å². The van der Waals surface area contributed by atoms with Crippen LogP contribution in [0.15, 0.2) is 71.9 Å². The highest BCUT2D eigenvalue weighted by atomic mass is 32.1. The molecule has 132 valence electrons. The van der Waals surface area contributed by atoms with Gasteiger partial charge in [-0.15, -0.1) is 16.2 Å². The second-order valence-corrected chi connectivity index (χ2v) is 7.02. The van der Waals surface area contributed by atoms with E-state index in [0.717, 1.165) is 37.7 Å². The lowest BCUT2D eigenvalue weighted by Crippen LogP contribution is -1.80. The standard InChI is InChI=1S/C22H16N2O2S/c1-26-19-11-12-20-21(14-19)27-22(23-20)17-9-7-15(8-10-17)5-6-16-3-2-4-18(13-16)24-25/h2-14H,1H3/b6-5+. The summed E-state index contributed by atoms with van der Waals surface area (Å²) in [6.45, 7) is 0. The molecule has 0 radical (unpaired) electrons. The van der Waals surface area contributed by atoms with Gasteiger partial charge in [0.2, 0.25) is 0 Å². The molecule has 0 N–H and O–H groups in total. The zero-order chi connectivity index (χ0) is 18.6. The van der Waals surface area contributed by atoms with Crippen LogP contribution in [0.4, 0.5) is 5.69 Å². The average molecular weight is 372 g/mol. The predicted octanol–water partition coefficient (Wildman–Crippen LogP) is 6.54. The number of ether oxygens (including phenoxy) is 1. The fraction of sp³-hybridized carbons (Fsp3) is 0.0455. The normalized spacial score (nSPS) is 11.1. The summed E-state index contributed by atoms with van der Waals surface area (Å²) in [7, 11) is 1.67. The summed E-state index contributed by atoms with van der Waals surface area (Å²) in [5, 5.41) is 3.95. The number of fused-ring (bicyclic) bond motifs is 1. The van der Waals surface area contributed by atoms with Gasteiger partial charge in [0.25, 0.3) is 0 Å². The van der Waals surface area contributed by atoms with Crippen molar-refractivity contribution in [1.82, 2.24) is 4.98 Å². The van der Waals surface area contributed by atoms with Gasteiger partial charge in [0, 0.05) is 5.56 Å². The van der Waals surface area contributed by atoms with Crippen molar-refractivity contribution in [3.8, 4) is 16.3 Å². The van der Waals surface area contributed by atoms with E-state index in [-0.39, 0.29) is 0 Å². The van der Waals surface area contributed by atoms with Gasteiger partial charge in [-0.3, -0.25) is 0 Å². The molecule has 4 rings (SSSR count). The van der Waals surface area contributed by atoms with Crippen LogP contribution in [0.1, 0.15) is 11.1 Å². The summed E-state index contributed by atoms with van der Waals surface area (Å²) in [6, 6.07) is 21.4. The molecule has 0 unspecified atom stereocenters. The van der Waals surface area contributed by atoms with Gasteiger partial charge in [0.15, 0.2) is 0 Å². The minimum absolute atomic E-state index is 0.431. The number of nitroso groups, excluding NO2 is 1. The maximum Gasteiger partial charge on any atom is 0.124 e. The zero-order valence-electron chi connectivity index (χ0n) is 14.6. The van der Waals surface area contributed by atoms with Gasteiger partial charge in [-0.25, -0.2) is 4.98 Å². The van der Waals surface area contributed by atoms with Crippen molar-refractivity contribution in [2.75, 3.05) is 7.11 Å². The smallest absolute Gasteiger partial charge is 0.124 e. The van der Waals surface area contributed by atoms with Crippen molar-refractivity contribution in [1.29, 1.82) is 0 Å². The van der Waals surface area contributed by atoms with E-state index in [1.54, 1.807) is 30.6 Å². The van der Waals surface area contributed by atoms with E-state index in [9.17, 15) is 4.91 Å². The van der Waals surface area contributed by atoms with E-state index >= 15 is 0 Å². The number of nitrogens with zero attached hydrogens (tertiary/aromatic N) is 2. The fourth-order valence-electron chi connectivity index (χ4n) is 2.77. The van der Waals surface area contributed by atoms with Crippen molar-refractivity contribution in [2.24, 2.45) is 5.18 Å². The molecular formula is C22H16N2O2S. The number of aromatic nitrogens is 1. The van der Waals surface area contributed by atoms with Crippen LogP contribution < -0.4 is 4.74 Å². The molecule has 4 aromatic rings. The van der Waals surface area contributed by atoms with E-state index in [1.807, 2.05) is 42.5 Å². The summed E-state index contributed by atoms with van der Waals surface area (Å²) in [5.74, 6) is 0.840. The Balaban J connectivity index is 1.56. The van der Waals surface area contributed by atoms with E-state index in [1.165, 1.54) is 0 Å². The molecule has 3 aromatic carbocycles. The summed E-state index contributed by atoms with van der Waals surface area (Å²) in [6.07, 6.45) is 3.98. The SMILES string of the molecule is COc1ccc2nc(-c3ccc(/C=C/c4cccc(N=O)c4)cc3)sc2c1. The highest BCUT2D eigenvalue weighted by Gasteiger charge is 2.07. The molecule has 0 aliphatic heterocycles. The minimum atomic E-state index is 0.431. The molecule has 0 fully saturated rings. The highest BCUT2D eigenvalue weighted by Crippen LogP contribution is 2.32. The number of hydrogen-bond acceptors (Lipinski definition) is 5. The molecule has 0 atom stereocenters. The number of methoxy groups -OCH3 is 1. The molecule has 0 amide bonds. The molecule has 0 saturated carbocycles. The lowest BCUT2D eigenvalue weighted by molar-refractivity contribution is 0.415. The quantitative estimate of drug-likeness (QED) is 0.295. The third-order valence-electron chi connectivity index (χ3n) is 4.20. The molecule has 27 heavy (non-hydrogen) atoms. The fourth-order valence-corrected chi connectivity index (χ4v) is 3.77. The number of rotatable bonds is 5. The Morgan fingerprint density at radius 3 is 2.56 bits per heavy atom. The van der Waals surface area contributed by atoms with Crippen molar-refractivity contribution in [3.05, 3.63) is 82.8 Å². The van der Waals surface area contributed by atoms with Crippen LogP contribution in [0, 0.1) is 4.91 Å². The van der Waals surface area contributed by atoms with Crippen LogP contribution >= 0.6 is 11.3 Å². The van der Waals surface area contributed by atoms with Crippen LogP contribution in [0.25, 0.3) is 32.9 Å². The van der Waals surface area contributed by atoms with Crippen molar-refractivity contribution in [3.63, 3.8) is 0 Å². The summed E-state index contributed by atoms with van der Waals surface area (Å²) in [4.78, 5) is 15.3. The number of hydrogen-bond donors (Lipinski definition) is 0. The molecular weight excluding hydrogens is 356 g/mol. The van der Waals surface area contributed by atoms with Gasteiger partial charge >= 0.3 is 0 Å². The van der Waals surface area contributed by atoms with Gasteiger partial charge in [-0.05, 0) is 46.6 Å². The topological polar surface area (TPSA) is 51.6 Å². The summed E-state index contributed by atoms with van der Waals surface area (Å²) >= 11 is 1.65. The van der Waals surface area contributed by atoms with Crippen LogP contribution in [0.5, 0.6) is 5.75 Å². The first-order valence-corrected chi connectivity index (χ1v) is 9.23. The second kappa shape index (κ2) is 7.51. The molecule has 1 heterocycles. The zero-order valence-corrected chi connectivity index (χ0v) is 15.4. The molecule has 0 aliphatic carbocycles. The molecule has 5 heteroatoms. The Hall–Kier alpha value is -3.31. The molecule has 0 saturated heterocycles. The van der Waals surface area contributed by atoms with Gasteiger partial charge in [0.1, 0.15) is 16.4 Å². The lowest BCUT2D eigenvalue weighted by atomic mass is 10.1. The summed E-state index contributed by atoms with van der Waals surface area (Å²) < 4.78 is 6.39. The minimum Gasteiger partial charge on any atom is -0.497 e. The van der Waals surface area contributed by atoms with Crippen LogP contribution in [-0.2, 0) is 0 Å². The first-order chi connectivity index (χ1) is 13.2. The Labute approximate surface area is 160 Å². The molecule has 0 aliphatic rings. The van der Waals surface area contributed by atoms with E-state index in [4.69, 9.17) is 9.72 Å². The maximum atomic E-state index is 10.6. The molecule has 4 nitrogen and oxygen atoms in total. The summed E-state index contributed by atoms with van der Waals surface area (Å²) in [5.41, 5.74) is 4.50. The molecule has 0 spiro atoms. The largest absolute Gasteiger partial charge is 0.497 e. The first kappa shape index (κ1) is 17.1. The van der Waals surface area contributed by atoms with E-state index in [0.29, 0.717) is 5.69 Å². The predicted molar refractivity (Wildman–Crippen MR) is 112 cm³/mol. The highest BCUT2D eigenvalue weighted by molar-refractivity contribution is 7.21. The van der Waals surface area contributed by atoms with Crippen molar-refractivity contribution >= 4 is 39.4 Å². The maximum absolute atomic E-state index is 10.6. The van der Waals surface area contributed by atoms with Gasteiger partial charge in [-0.1, -0.05) is 48.6 Å². The Bertz CT molecular complexity index is 1130. The van der Waals surface area contributed by atoms with E-state index < -0.39 is 0 Å². The van der Waals surface area contributed by atoms with E-state index in [2.05, 4.69) is 29.4 Å². The second-order valence-electron chi connectivity index (χ2n) is 5.99.